The van der Waals surface area contributed by atoms with Crippen molar-refractivity contribution in [3.8, 4) is 6.07 Å². The number of ether oxygens (including phenoxy) is 1. The molecule has 1 aromatic heterocycles. The summed E-state index contributed by atoms with van der Waals surface area (Å²) in [7, 11) is 0. The minimum Gasteiger partial charge on any atom is -0.381 e. The lowest BCUT2D eigenvalue weighted by atomic mass is 10.1. The Balaban J connectivity index is 2.19. The van der Waals surface area contributed by atoms with Crippen molar-refractivity contribution in [3.05, 3.63) is 58.9 Å². The van der Waals surface area contributed by atoms with Crippen LogP contribution in [-0.2, 0) is 4.74 Å². The van der Waals surface area contributed by atoms with Crippen LogP contribution in [-0.4, -0.2) is 18.1 Å². The second kappa shape index (κ2) is 7.58. The summed E-state index contributed by atoms with van der Waals surface area (Å²) in [6.45, 7) is 7.01. The molecule has 0 aliphatic heterocycles. The zero-order valence-electron chi connectivity index (χ0n) is 13.3. The number of nitrogens with zero attached hydrogens (tertiary/aromatic N) is 2. The van der Waals surface area contributed by atoms with E-state index in [0.717, 1.165) is 22.6 Å². The van der Waals surface area contributed by atoms with Gasteiger partial charge in [0.2, 0.25) is 0 Å². The Morgan fingerprint density at radius 3 is 2.64 bits per heavy atom. The fourth-order valence-corrected chi connectivity index (χ4v) is 2.45. The van der Waals surface area contributed by atoms with E-state index in [1.807, 2.05) is 45.0 Å². The Labute approximate surface area is 131 Å². The maximum atomic E-state index is 9.31. The summed E-state index contributed by atoms with van der Waals surface area (Å²) in [5, 5.41) is 12.7. The van der Waals surface area contributed by atoms with Crippen LogP contribution in [0.2, 0.25) is 0 Å². The number of pyridine rings is 1. The number of rotatable bonds is 6. The number of nitrogens with one attached hydrogen (secondary N) is 1. The minimum absolute atomic E-state index is 0.0495. The molecule has 4 heteroatoms. The van der Waals surface area contributed by atoms with E-state index < -0.39 is 0 Å². The third kappa shape index (κ3) is 3.84. The SMILES string of the molecule is CCOC(CNc1cc(C)nc(C)c1C#N)c1ccccc1. The summed E-state index contributed by atoms with van der Waals surface area (Å²) in [4.78, 5) is 4.33. The van der Waals surface area contributed by atoms with Gasteiger partial charge in [0, 0.05) is 18.8 Å². The Kier molecular flexibility index (Phi) is 5.51. The number of hydrogen-bond donors (Lipinski definition) is 1. The molecule has 0 bridgehead atoms. The zero-order valence-corrected chi connectivity index (χ0v) is 13.3. The molecular formula is C18H21N3O. The third-order valence-corrected chi connectivity index (χ3v) is 3.46. The Morgan fingerprint density at radius 1 is 1.27 bits per heavy atom. The van der Waals surface area contributed by atoms with Gasteiger partial charge in [-0.15, -0.1) is 0 Å². The molecule has 0 spiro atoms. The van der Waals surface area contributed by atoms with E-state index in [2.05, 4.69) is 28.5 Å². The van der Waals surface area contributed by atoms with Gasteiger partial charge in [-0.2, -0.15) is 5.26 Å². The second-order valence-electron chi connectivity index (χ2n) is 5.12. The first-order chi connectivity index (χ1) is 10.7. The summed E-state index contributed by atoms with van der Waals surface area (Å²) in [6.07, 6.45) is -0.0495. The van der Waals surface area contributed by atoms with Crippen molar-refractivity contribution in [3.63, 3.8) is 0 Å². The summed E-state index contributed by atoms with van der Waals surface area (Å²) < 4.78 is 5.82. The van der Waals surface area contributed by atoms with Gasteiger partial charge in [-0.1, -0.05) is 30.3 Å². The maximum absolute atomic E-state index is 9.31. The largest absolute Gasteiger partial charge is 0.381 e. The van der Waals surface area contributed by atoms with Crippen LogP contribution in [0.5, 0.6) is 0 Å². The van der Waals surface area contributed by atoms with E-state index in [-0.39, 0.29) is 6.10 Å². The van der Waals surface area contributed by atoms with Gasteiger partial charge in [0.1, 0.15) is 6.07 Å². The van der Waals surface area contributed by atoms with Crippen LogP contribution in [0.3, 0.4) is 0 Å². The van der Waals surface area contributed by atoms with Gasteiger partial charge >= 0.3 is 0 Å². The minimum atomic E-state index is -0.0495. The van der Waals surface area contributed by atoms with Crippen molar-refractivity contribution in [2.24, 2.45) is 0 Å². The Hall–Kier alpha value is -2.38. The van der Waals surface area contributed by atoms with E-state index in [1.54, 1.807) is 0 Å². The maximum Gasteiger partial charge on any atom is 0.103 e. The molecule has 2 rings (SSSR count). The molecule has 0 aliphatic carbocycles. The summed E-state index contributed by atoms with van der Waals surface area (Å²) >= 11 is 0. The summed E-state index contributed by atoms with van der Waals surface area (Å²) in [5.41, 5.74) is 4.17. The third-order valence-electron chi connectivity index (χ3n) is 3.46. The van der Waals surface area contributed by atoms with Crippen LogP contribution < -0.4 is 5.32 Å². The topological polar surface area (TPSA) is 57.9 Å². The first kappa shape index (κ1) is 16.0. The highest BCUT2D eigenvalue weighted by molar-refractivity contribution is 5.59. The Morgan fingerprint density at radius 2 is 2.00 bits per heavy atom. The lowest BCUT2D eigenvalue weighted by Gasteiger charge is -2.19. The number of aromatic nitrogens is 1. The van der Waals surface area contributed by atoms with E-state index in [9.17, 15) is 5.26 Å². The first-order valence-corrected chi connectivity index (χ1v) is 7.44. The molecule has 0 saturated carbocycles. The normalized spacial score (nSPS) is 11.7. The molecule has 1 aromatic carbocycles. The van der Waals surface area contributed by atoms with Gasteiger partial charge in [0.15, 0.2) is 0 Å². The molecular weight excluding hydrogens is 274 g/mol. The molecule has 0 radical (unpaired) electrons. The Bertz CT molecular complexity index is 662. The van der Waals surface area contributed by atoms with Crippen LogP contribution >= 0.6 is 0 Å². The number of hydrogen-bond acceptors (Lipinski definition) is 4. The average Bonchev–Trinajstić information content (AvgIpc) is 2.52. The van der Waals surface area contributed by atoms with Crippen LogP contribution in [0.1, 0.15) is 35.5 Å². The molecule has 1 heterocycles. The molecule has 0 aliphatic rings. The number of aryl methyl sites for hydroxylation is 2. The van der Waals surface area contributed by atoms with E-state index >= 15 is 0 Å². The predicted octanol–water partition coefficient (Wildman–Crippen LogP) is 3.76. The molecule has 0 amide bonds. The van der Waals surface area contributed by atoms with E-state index in [0.29, 0.717) is 18.7 Å². The molecule has 22 heavy (non-hydrogen) atoms. The van der Waals surface area contributed by atoms with Gasteiger partial charge in [0.05, 0.1) is 23.0 Å². The summed E-state index contributed by atoms with van der Waals surface area (Å²) in [5.74, 6) is 0. The monoisotopic (exact) mass is 295 g/mol. The van der Waals surface area contributed by atoms with Crippen LogP contribution in [0, 0.1) is 25.2 Å². The molecule has 0 fully saturated rings. The summed E-state index contributed by atoms with van der Waals surface area (Å²) in [6, 6.07) is 14.2. The fourth-order valence-electron chi connectivity index (χ4n) is 2.45. The second-order valence-corrected chi connectivity index (χ2v) is 5.12. The molecule has 0 saturated heterocycles. The highest BCUT2D eigenvalue weighted by Crippen LogP contribution is 2.22. The number of anilines is 1. The van der Waals surface area contributed by atoms with Gasteiger partial charge in [-0.3, -0.25) is 4.98 Å². The van der Waals surface area contributed by atoms with Crippen molar-refractivity contribution < 1.29 is 4.74 Å². The zero-order chi connectivity index (χ0) is 15.9. The molecule has 114 valence electrons. The molecule has 1 N–H and O–H groups in total. The van der Waals surface area contributed by atoms with E-state index in [1.165, 1.54) is 0 Å². The van der Waals surface area contributed by atoms with Gasteiger partial charge in [-0.05, 0) is 32.4 Å². The lowest BCUT2D eigenvalue weighted by Crippen LogP contribution is -2.17. The predicted molar refractivity (Wildman–Crippen MR) is 87.7 cm³/mol. The van der Waals surface area contributed by atoms with Crippen molar-refractivity contribution >= 4 is 5.69 Å². The average molecular weight is 295 g/mol. The van der Waals surface area contributed by atoms with Crippen molar-refractivity contribution in [1.29, 1.82) is 5.26 Å². The molecule has 4 nitrogen and oxygen atoms in total. The molecule has 2 aromatic rings. The van der Waals surface area contributed by atoms with Crippen molar-refractivity contribution in [1.82, 2.24) is 4.98 Å². The van der Waals surface area contributed by atoms with Gasteiger partial charge in [0.25, 0.3) is 0 Å². The standard InChI is InChI=1S/C18H21N3O/c1-4-22-18(15-8-6-5-7-9-15)12-20-17-10-13(2)21-14(3)16(17)11-19/h5-10,18H,4,12H2,1-3H3,(H,20,21). The molecule has 1 unspecified atom stereocenters. The number of benzene rings is 1. The fraction of sp³-hybridized carbons (Fsp3) is 0.333. The van der Waals surface area contributed by atoms with Gasteiger partial charge in [-0.25, -0.2) is 0 Å². The quantitative estimate of drug-likeness (QED) is 0.881. The highest BCUT2D eigenvalue weighted by atomic mass is 16.5. The van der Waals surface area contributed by atoms with Crippen molar-refractivity contribution in [2.45, 2.75) is 26.9 Å². The lowest BCUT2D eigenvalue weighted by molar-refractivity contribution is 0.0719. The van der Waals surface area contributed by atoms with Crippen LogP contribution in [0.25, 0.3) is 0 Å². The molecule has 1 atom stereocenters. The van der Waals surface area contributed by atoms with Crippen LogP contribution in [0.4, 0.5) is 5.69 Å². The van der Waals surface area contributed by atoms with Crippen LogP contribution in [0.15, 0.2) is 36.4 Å². The number of nitriles is 1. The highest BCUT2D eigenvalue weighted by Gasteiger charge is 2.13. The smallest absolute Gasteiger partial charge is 0.103 e. The van der Waals surface area contributed by atoms with Crippen molar-refractivity contribution in [2.75, 3.05) is 18.5 Å². The first-order valence-electron chi connectivity index (χ1n) is 7.44. The van der Waals surface area contributed by atoms with Gasteiger partial charge < -0.3 is 10.1 Å². The van der Waals surface area contributed by atoms with E-state index in [4.69, 9.17) is 4.74 Å².